The first-order chi connectivity index (χ1) is 9.30. The van der Waals surface area contributed by atoms with Crippen LogP contribution in [0.15, 0.2) is 18.2 Å². The molecular formula is C15H23NO3. The fourth-order valence-electron chi connectivity index (χ4n) is 2.44. The first-order valence-electron chi connectivity index (χ1n) is 6.71. The van der Waals surface area contributed by atoms with Crippen LogP contribution in [0, 0.1) is 5.92 Å². The first kappa shape index (κ1) is 14.2. The monoisotopic (exact) mass is 265 g/mol. The molecule has 1 aliphatic carbocycles. The highest BCUT2D eigenvalue weighted by atomic mass is 16.5. The van der Waals surface area contributed by atoms with Gasteiger partial charge in [0.1, 0.15) is 11.5 Å². The van der Waals surface area contributed by atoms with Crippen LogP contribution in [-0.2, 0) is 4.74 Å². The second-order valence-electron chi connectivity index (χ2n) is 4.91. The summed E-state index contributed by atoms with van der Waals surface area (Å²) in [6, 6.07) is 6.09. The Bertz CT molecular complexity index is 408. The lowest BCUT2D eigenvalue weighted by atomic mass is 10.1. The predicted molar refractivity (Wildman–Crippen MR) is 75.1 cm³/mol. The maximum absolute atomic E-state index is 5.46. The number of methoxy groups -OCH3 is 3. The van der Waals surface area contributed by atoms with Crippen LogP contribution in [0.4, 0.5) is 0 Å². The van der Waals surface area contributed by atoms with E-state index in [-0.39, 0.29) is 0 Å². The molecule has 0 bridgehead atoms. The van der Waals surface area contributed by atoms with Gasteiger partial charge in [0, 0.05) is 19.7 Å². The van der Waals surface area contributed by atoms with E-state index in [9.17, 15) is 0 Å². The van der Waals surface area contributed by atoms with Crippen molar-refractivity contribution in [2.45, 2.75) is 12.3 Å². The number of nitrogens with one attached hydrogen (secondary N) is 1. The van der Waals surface area contributed by atoms with Crippen LogP contribution in [0.2, 0.25) is 0 Å². The molecule has 1 fully saturated rings. The van der Waals surface area contributed by atoms with E-state index in [1.165, 1.54) is 12.0 Å². The van der Waals surface area contributed by atoms with Crippen molar-refractivity contribution >= 4 is 0 Å². The summed E-state index contributed by atoms with van der Waals surface area (Å²) >= 11 is 0. The molecule has 0 aliphatic heterocycles. The summed E-state index contributed by atoms with van der Waals surface area (Å²) in [6.07, 6.45) is 1.22. The van der Waals surface area contributed by atoms with Crippen LogP contribution < -0.4 is 14.8 Å². The van der Waals surface area contributed by atoms with Gasteiger partial charge >= 0.3 is 0 Å². The summed E-state index contributed by atoms with van der Waals surface area (Å²) in [7, 11) is 5.12. The van der Waals surface area contributed by atoms with E-state index in [4.69, 9.17) is 14.2 Å². The van der Waals surface area contributed by atoms with Gasteiger partial charge in [-0.15, -0.1) is 0 Å². The number of rotatable bonds is 8. The molecule has 1 aromatic rings. The van der Waals surface area contributed by atoms with E-state index in [0.717, 1.165) is 31.2 Å². The standard InChI is InChI=1S/C15H23NO3/c1-17-7-6-16-10-11-8-14(11)13-5-4-12(18-2)9-15(13)19-3/h4-5,9,11,14,16H,6-8,10H2,1-3H3. The molecule has 2 atom stereocenters. The molecule has 2 rings (SSSR count). The average molecular weight is 265 g/mol. The minimum absolute atomic E-state index is 0.607. The van der Waals surface area contributed by atoms with Gasteiger partial charge in [0.15, 0.2) is 0 Å². The number of ether oxygens (including phenoxy) is 3. The Hall–Kier alpha value is -1.26. The Kier molecular flexibility index (Phi) is 5.05. The molecule has 1 aromatic carbocycles. The van der Waals surface area contributed by atoms with Crippen LogP contribution in [-0.4, -0.2) is 41.0 Å². The van der Waals surface area contributed by atoms with Crippen molar-refractivity contribution in [1.82, 2.24) is 5.32 Å². The van der Waals surface area contributed by atoms with Gasteiger partial charge in [-0.05, 0) is 36.4 Å². The van der Waals surface area contributed by atoms with Crippen molar-refractivity contribution in [3.8, 4) is 11.5 Å². The Balaban J connectivity index is 1.89. The van der Waals surface area contributed by atoms with Gasteiger partial charge in [0.05, 0.1) is 20.8 Å². The predicted octanol–water partition coefficient (Wildman–Crippen LogP) is 2.04. The molecule has 1 saturated carbocycles. The lowest BCUT2D eigenvalue weighted by Crippen LogP contribution is -2.21. The molecule has 2 unspecified atom stereocenters. The normalized spacial score (nSPS) is 21.2. The summed E-state index contributed by atoms with van der Waals surface area (Å²) in [5, 5.41) is 3.42. The summed E-state index contributed by atoms with van der Waals surface area (Å²) in [6.45, 7) is 2.73. The highest BCUT2D eigenvalue weighted by Gasteiger charge is 2.39. The van der Waals surface area contributed by atoms with Crippen molar-refractivity contribution in [1.29, 1.82) is 0 Å². The molecule has 0 aromatic heterocycles. The molecular weight excluding hydrogens is 242 g/mol. The van der Waals surface area contributed by atoms with E-state index < -0.39 is 0 Å². The lowest BCUT2D eigenvalue weighted by molar-refractivity contribution is 0.199. The van der Waals surface area contributed by atoms with Crippen LogP contribution in [0.1, 0.15) is 17.9 Å². The second kappa shape index (κ2) is 6.78. The van der Waals surface area contributed by atoms with Gasteiger partial charge < -0.3 is 19.5 Å². The quantitative estimate of drug-likeness (QED) is 0.730. The zero-order valence-electron chi connectivity index (χ0n) is 11.9. The molecule has 0 heterocycles. The summed E-state index contributed by atoms with van der Waals surface area (Å²) in [5.41, 5.74) is 1.29. The maximum atomic E-state index is 5.46. The summed E-state index contributed by atoms with van der Waals surface area (Å²) in [5.74, 6) is 3.09. The number of hydrogen-bond donors (Lipinski definition) is 1. The zero-order valence-corrected chi connectivity index (χ0v) is 11.9. The highest BCUT2D eigenvalue weighted by molar-refractivity contribution is 5.45. The smallest absolute Gasteiger partial charge is 0.126 e. The highest BCUT2D eigenvalue weighted by Crippen LogP contribution is 2.50. The van der Waals surface area contributed by atoms with Crippen molar-refractivity contribution in [2.24, 2.45) is 5.92 Å². The molecule has 106 valence electrons. The Morgan fingerprint density at radius 1 is 1.21 bits per heavy atom. The van der Waals surface area contributed by atoms with Crippen molar-refractivity contribution < 1.29 is 14.2 Å². The van der Waals surface area contributed by atoms with Crippen LogP contribution in [0.3, 0.4) is 0 Å². The van der Waals surface area contributed by atoms with Crippen molar-refractivity contribution in [2.75, 3.05) is 41.0 Å². The summed E-state index contributed by atoms with van der Waals surface area (Å²) < 4.78 is 15.7. The third kappa shape index (κ3) is 3.61. The summed E-state index contributed by atoms with van der Waals surface area (Å²) in [4.78, 5) is 0. The van der Waals surface area contributed by atoms with E-state index in [1.54, 1.807) is 21.3 Å². The number of hydrogen-bond acceptors (Lipinski definition) is 4. The molecule has 4 heteroatoms. The van der Waals surface area contributed by atoms with Gasteiger partial charge in [0.25, 0.3) is 0 Å². The molecule has 0 amide bonds. The molecule has 4 nitrogen and oxygen atoms in total. The molecule has 0 saturated heterocycles. The largest absolute Gasteiger partial charge is 0.497 e. The first-order valence-corrected chi connectivity index (χ1v) is 6.71. The van der Waals surface area contributed by atoms with Gasteiger partial charge in [-0.25, -0.2) is 0 Å². The Morgan fingerprint density at radius 2 is 2.05 bits per heavy atom. The molecule has 0 radical (unpaired) electrons. The van der Waals surface area contributed by atoms with Gasteiger partial charge in [0.2, 0.25) is 0 Å². The minimum atomic E-state index is 0.607. The van der Waals surface area contributed by atoms with Crippen molar-refractivity contribution in [3.05, 3.63) is 23.8 Å². The van der Waals surface area contributed by atoms with Crippen LogP contribution in [0.5, 0.6) is 11.5 Å². The topological polar surface area (TPSA) is 39.7 Å². The fraction of sp³-hybridized carbons (Fsp3) is 0.600. The Labute approximate surface area is 115 Å². The van der Waals surface area contributed by atoms with Crippen LogP contribution >= 0.6 is 0 Å². The average Bonchev–Trinajstić information content (AvgIpc) is 3.22. The van der Waals surface area contributed by atoms with Gasteiger partial charge in [-0.3, -0.25) is 0 Å². The van der Waals surface area contributed by atoms with Crippen LogP contribution in [0.25, 0.3) is 0 Å². The van der Waals surface area contributed by atoms with E-state index in [1.807, 2.05) is 12.1 Å². The molecule has 1 N–H and O–H groups in total. The maximum Gasteiger partial charge on any atom is 0.126 e. The third-order valence-corrected chi connectivity index (χ3v) is 3.65. The third-order valence-electron chi connectivity index (χ3n) is 3.65. The lowest BCUT2D eigenvalue weighted by Gasteiger charge is -2.10. The molecule has 1 aliphatic rings. The van der Waals surface area contributed by atoms with Gasteiger partial charge in [-0.2, -0.15) is 0 Å². The number of benzene rings is 1. The Morgan fingerprint density at radius 3 is 2.74 bits per heavy atom. The second-order valence-corrected chi connectivity index (χ2v) is 4.91. The minimum Gasteiger partial charge on any atom is -0.497 e. The zero-order chi connectivity index (χ0) is 13.7. The molecule has 0 spiro atoms. The SMILES string of the molecule is COCCNCC1CC1c1ccc(OC)cc1OC. The van der Waals surface area contributed by atoms with Crippen molar-refractivity contribution in [3.63, 3.8) is 0 Å². The molecule has 19 heavy (non-hydrogen) atoms. The van der Waals surface area contributed by atoms with E-state index in [2.05, 4.69) is 11.4 Å². The van der Waals surface area contributed by atoms with E-state index in [0.29, 0.717) is 11.8 Å². The fourth-order valence-corrected chi connectivity index (χ4v) is 2.44. The van der Waals surface area contributed by atoms with E-state index >= 15 is 0 Å². The van der Waals surface area contributed by atoms with Gasteiger partial charge in [-0.1, -0.05) is 6.07 Å².